The van der Waals surface area contributed by atoms with Crippen LogP contribution in [0, 0.1) is 0 Å². The van der Waals surface area contributed by atoms with Gasteiger partial charge in [-0.2, -0.15) is 0 Å². The van der Waals surface area contributed by atoms with E-state index < -0.39 is 36.0 Å². The standard InChI is InChI=1S/C8H10N2O7/c11-3-1-2-10(8(14)9-3)6-4(12)5(13)7(16-6)17-15/h1-2,4-7,12-13,15H,(H,9,11,14)/t4-,5+,6-,7-/m1/s1. The molecule has 9 heteroatoms. The molecule has 1 aromatic rings. The van der Waals surface area contributed by atoms with E-state index in [1.165, 1.54) is 0 Å². The van der Waals surface area contributed by atoms with E-state index in [-0.39, 0.29) is 0 Å². The number of H-pyrrole nitrogens is 1. The number of rotatable bonds is 2. The van der Waals surface area contributed by atoms with Crippen molar-refractivity contribution in [1.29, 1.82) is 0 Å². The summed E-state index contributed by atoms with van der Waals surface area (Å²) < 4.78 is 5.78. The Morgan fingerprint density at radius 3 is 2.59 bits per heavy atom. The van der Waals surface area contributed by atoms with Crippen LogP contribution in [-0.2, 0) is 9.62 Å². The fourth-order valence-corrected chi connectivity index (χ4v) is 1.57. The van der Waals surface area contributed by atoms with Crippen LogP contribution in [0.5, 0.6) is 0 Å². The van der Waals surface area contributed by atoms with Crippen molar-refractivity contribution in [3.05, 3.63) is 33.1 Å². The molecule has 0 unspecified atom stereocenters. The number of aliphatic hydroxyl groups excluding tert-OH is 2. The van der Waals surface area contributed by atoms with Crippen LogP contribution in [0.1, 0.15) is 6.23 Å². The van der Waals surface area contributed by atoms with Crippen molar-refractivity contribution in [2.75, 3.05) is 0 Å². The zero-order valence-corrected chi connectivity index (χ0v) is 8.39. The fourth-order valence-electron chi connectivity index (χ4n) is 1.57. The van der Waals surface area contributed by atoms with Gasteiger partial charge in [0.1, 0.15) is 12.2 Å². The zero-order chi connectivity index (χ0) is 12.6. The fraction of sp³-hybridized carbons (Fsp3) is 0.500. The summed E-state index contributed by atoms with van der Waals surface area (Å²) in [6, 6.07) is 1.05. The molecular formula is C8H10N2O7. The SMILES string of the molecule is O=c1ccn([C@@H]2O[C@H](OO)[C@@H](O)[C@H]2O)c(=O)[nH]1. The van der Waals surface area contributed by atoms with Gasteiger partial charge in [0.05, 0.1) is 0 Å². The van der Waals surface area contributed by atoms with Gasteiger partial charge in [-0.1, -0.05) is 0 Å². The van der Waals surface area contributed by atoms with Crippen LogP contribution in [0.15, 0.2) is 21.9 Å². The largest absolute Gasteiger partial charge is 0.385 e. The highest BCUT2D eigenvalue weighted by atomic mass is 17.1. The average molecular weight is 246 g/mol. The highest BCUT2D eigenvalue weighted by Crippen LogP contribution is 2.28. The third-order valence-electron chi connectivity index (χ3n) is 2.42. The van der Waals surface area contributed by atoms with Crippen molar-refractivity contribution in [3.63, 3.8) is 0 Å². The van der Waals surface area contributed by atoms with Crippen LogP contribution < -0.4 is 11.2 Å². The maximum Gasteiger partial charge on any atom is 0.330 e. The quantitative estimate of drug-likeness (QED) is 0.337. The van der Waals surface area contributed by atoms with Crippen molar-refractivity contribution in [2.45, 2.75) is 24.7 Å². The molecule has 17 heavy (non-hydrogen) atoms. The van der Waals surface area contributed by atoms with Crippen molar-refractivity contribution >= 4 is 0 Å². The van der Waals surface area contributed by atoms with Gasteiger partial charge < -0.3 is 14.9 Å². The second kappa shape index (κ2) is 4.39. The predicted octanol–water partition coefficient (Wildman–Crippen LogP) is -2.40. The Morgan fingerprint density at radius 2 is 2.06 bits per heavy atom. The summed E-state index contributed by atoms with van der Waals surface area (Å²) in [5, 5.41) is 27.4. The second-order valence-corrected chi connectivity index (χ2v) is 3.50. The third kappa shape index (κ3) is 2.01. The molecule has 0 saturated carbocycles. The van der Waals surface area contributed by atoms with Gasteiger partial charge in [-0.25, -0.2) is 14.9 Å². The van der Waals surface area contributed by atoms with Crippen molar-refractivity contribution < 1.29 is 25.1 Å². The molecule has 94 valence electrons. The van der Waals surface area contributed by atoms with E-state index in [0.29, 0.717) is 0 Å². The normalized spacial score (nSPS) is 32.9. The van der Waals surface area contributed by atoms with Crippen molar-refractivity contribution in [2.24, 2.45) is 0 Å². The van der Waals surface area contributed by atoms with E-state index in [2.05, 4.69) is 4.89 Å². The van der Waals surface area contributed by atoms with Crippen molar-refractivity contribution in [1.82, 2.24) is 9.55 Å². The molecule has 4 N–H and O–H groups in total. The van der Waals surface area contributed by atoms with Crippen LogP contribution in [0.4, 0.5) is 0 Å². The smallest absolute Gasteiger partial charge is 0.330 e. The lowest BCUT2D eigenvalue weighted by Gasteiger charge is -2.15. The van der Waals surface area contributed by atoms with Gasteiger partial charge in [-0.05, 0) is 0 Å². The molecule has 1 aromatic heterocycles. The maximum absolute atomic E-state index is 11.4. The molecule has 1 aliphatic rings. The minimum atomic E-state index is -1.51. The van der Waals surface area contributed by atoms with Gasteiger partial charge in [0.15, 0.2) is 6.23 Å². The highest BCUT2D eigenvalue weighted by molar-refractivity contribution is 4.90. The first kappa shape index (κ1) is 12.0. The predicted molar refractivity (Wildman–Crippen MR) is 51.0 cm³/mol. The molecule has 0 aromatic carbocycles. The van der Waals surface area contributed by atoms with Crippen LogP contribution >= 0.6 is 0 Å². The minimum Gasteiger partial charge on any atom is -0.385 e. The van der Waals surface area contributed by atoms with Crippen LogP contribution in [-0.4, -0.2) is 43.5 Å². The Morgan fingerprint density at radius 1 is 1.35 bits per heavy atom. The lowest BCUT2D eigenvalue weighted by atomic mass is 10.2. The van der Waals surface area contributed by atoms with Gasteiger partial charge >= 0.3 is 5.69 Å². The Bertz CT molecular complexity index is 509. The first-order valence-corrected chi connectivity index (χ1v) is 4.68. The maximum atomic E-state index is 11.4. The average Bonchev–Trinajstić information content (AvgIpc) is 2.57. The number of aromatic amines is 1. The zero-order valence-electron chi connectivity index (χ0n) is 8.39. The van der Waals surface area contributed by atoms with Gasteiger partial charge in [-0.3, -0.25) is 14.3 Å². The van der Waals surface area contributed by atoms with Gasteiger partial charge in [0.2, 0.25) is 6.29 Å². The van der Waals surface area contributed by atoms with Crippen LogP contribution in [0.25, 0.3) is 0 Å². The monoisotopic (exact) mass is 246 g/mol. The topological polar surface area (TPSA) is 134 Å². The molecule has 9 nitrogen and oxygen atoms in total. The molecule has 0 aliphatic carbocycles. The number of aromatic nitrogens is 2. The highest BCUT2D eigenvalue weighted by Gasteiger charge is 2.45. The summed E-state index contributed by atoms with van der Waals surface area (Å²) in [5.74, 6) is 0. The first-order chi connectivity index (χ1) is 8.04. The van der Waals surface area contributed by atoms with E-state index in [1.54, 1.807) is 0 Å². The summed E-state index contributed by atoms with van der Waals surface area (Å²) in [6.45, 7) is 0. The lowest BCUT2D eigenvalue weighted by molar-refractivity contribution is -0.357. The lowest BCUT2D eigenvalue weighted by Crippen LogP contribution is -2.37. The molecule has 0 radical (unpaired) electrons. The number of hydrogen-bond donors (Lipinski definition) is 4. The summed E-state index contributed by atoms with van der Waals surface area (Å²) >= 11 is 0. The Hall–Kier alpha value is -1.52. The van der Waals surface area contributed by atoms with Gasteiger partial charge in [0.25, 0.3) is 5.56 Å². The summed E-state index contributed by atoms with van der Waals surface area (Å²) in [6.07, 6.45) is -4.61. The summed E-state index contributed by atoms with van der Waals surface area (Å²) in [4.78, 5) is 28.0. The number of nitrogens with zero attached hydrogens (tertiary/aromatic N) is 1. The van der Waals surface area contributed by atoms with E-state index in [0.717, 1.165) is 16.8 Å². The number of ether oxygens (including phenoxy) is 1. The van der Waals surface area contributed by atoms with E-state index in [4.69, 9.17) is 9.99 Å². The van der Waals surface area contributed by atoms with E-state index in [1.807, 2.05) is 4.98 Å². The Labute approximate surface area is 93.4 Å². The number of hydrogen-bond acceptors (Lipinski definition) is 7. The third-order valence-corrected chi connectivity index (χ3v) is 2.42. The Balaban J connectivity index is 2.35. The first-order valence-electron chi connectivity index (χ1n) is 4.68. The number of nitrogens with one attached hydrogen (secondary N) is 1. The second-order valence-electron chi connectivity index (χ2n) is 3.50. The molecule has 4 atom stereocenters. The molecule has 1 fully saturated rings. The van der Waals surface area contributed by atoms with Crippen molar-refractivity contribution in [3.8, 4) is 0 Å². The van der Waals surface area contributed by atoms with Gasteiger partial charge in [0, 0.05) is 12.3 Å². The molecule has 2 rings (SSSR count). The van der Waals surface area contributed by atoms with Crippen LogP contribution in [0.2, 0.25) is 0 Å². The van der Waals surface area contributed by atoms with E-state index >= 15 is 0 Å². The molecule has 1 saturated heterocycles. The van der Waals surface area contributed by atoms with Crippen LogP contribution in [0.3, 0.4) is 0 Å². The van der Waals surface area contributed by atoms with E-state index in [9.17, 15) is 19.8 Å². The molecule has 2 heterocycles. The molecule has 0 amide bonds. The molecular weight excluding hydrogens is 236 g/mol. The summed E-state index contributed by atoms with van der Waals surface area (Å²) in [7, 11) is 0. The van der Waals surface area contributed by atoms with Gasteiger partial charge in [-0.15, -0.1) is 0 Å². The molecule has 0 bridgehead atoms. The molecule has 0 spiro atoms. The number of aliphatic hydroxyl groups is 2. The molecule has 1 aliphatic heterocycles. The Kier molecular flexibility index (Phi) is 3.09. The minimum absolute atomic E-state index is 0.603. The summed E-state index contributed by atoms with van der Waals surface area (Å²) in [5.41, 5.74) is -1.42.